The molecule has 1 aliphatic carbocycles. The fourth-order valence-electron chi connectivity index (χ4n) is 4.35. The zero-order valence-corrected chi connectivity index (χ0v) is 14.7. The Balaban J connectivity index is 1.30. The van der Waals surface area contributed by atoms with E-state index in [1.165, 1.54) is 0 Å². The zero-order valence-electron chi connectivity index (χ0n) is 14.7. The second kappa shape index (κ2) is 7.23. The summed E-state index contributed by atoms with van der Waals surface area (Å²) < 4.78 is 0. The number of anilines is 1. The summed E-state index contributed by atoms with van der Waals surface area (Å²) in [5, 5.41) is 8.15. The van der Waals surface area contributed by atoms with Crippen LogP contribution in [0.3, 0.4) is 0 Å². The van der Waals surface area contributed by atoms with Gasteiger partial charge in [-0.05, 0) is 44.2 Å². The van der Waals surface area contributed by atoms with Gasteiger partial charge in [0.2, 0.25) is 5.91 Å². The first-order chi connectivity index (χ1) is 12.2. The standard InChI is InChI=1S/C17H27N7O/c1-23(16-3-2-8-18-21-16)13-6-9-24(10-7-13)17(25)12-4-5-14-15(11-12)20-22-19-14/h2-3,8,12-15,19-20,22H,4-7,9-11H2,1H3. The van der Waals surface area contributed by atoms with E-state index in [-0.39, 0.29) is 5.92 Å². The molecule has 8 nitrogen and oxygen atoms in total. The van der Waals surface area contributed by atoms with E-state index in [1.807, 2.05) is 12.1 Å². The van der Waals surface area contributed by atoms with Gasteiger partial charge in [-0.25, -0.2) is 10.9 Å². The lowest BCUT2D eigenvalue weighted by atomic mass is 9.82. The molecule has 3 heterocycles. The van der Waals surface area contributed by atoms with Crippen molar-refractivity contribution in [3.05, 3.63) is 18.3 Å². The number of hydrogen-bond acceptors (Lipinski definition) is 7. The number of likely N-dealkylation sites (tertiary alicyclic amines) is 1. The van der Waals surface area contributed by atoms with Crippen LogP contribution in [-0.4, -0.2) is 59.3 Å². The molecule has 1 saturated carbocycles. The highest BCUT2D eigenvalue weighted by Gasteiger charge is 2.38. The number of hydrazine groups is 2. The lowest BCUT2D eigenvalue weighted by Gasteiger charge is -2.39. The molecule has 1 aromatic rings. The number of aromatic nitrogens is 2. The highest BCUT2D eigenvalue weighted by molar-refractivity contribution is 5.79. The molecule has 2 aliphatic heterocycles. The van der Waals surface area contributed by atoms with E-state index in [0.717, 1.165) is 51.0 Å². The van der Waals surface area contributed by atoms with Crippen molar-refractivity contribution in [2.45, 2.75) is 50.2 Å². The normalized spacial score (nSPS) is 30.1. The molecule has 3 atom stereocenters. The van der Waals surface area contributed by atoms with Gasteiger partial charge >= 0.3 is 0 Å². The first kappa shape index (κ1) is 16.7. The Morgan fingerprint density at radius 1 is 1.20 bits per heavy atom. The van der Waals surface area contributed by atoms with Crippen LogP contribution < -0.4 is 21.3 Å². The predicted octanol–water partition coefficient (Wildman–Crippen LogP) is 0.0535. The molecule has 3 N–H and O–H groups in total. The number of amides is 1. The summed E-state index contributed by atoms with van der Waals surface area (Å²) in [6.45, 7) is 1.67. The molecular formula is C17H27N7O. The van der Waals surface area contributed by atoms with Crippen LogP contribution in [0.1, 0.15) is 32.1 Å². The van der Waals surface area contributed by atoms with Gasteiger partial charge in [0.25, 0.3) is 0 Å². The van der Waals surface area contributed by atoms with Gasteiger partial charge in [-0.2, -0.15) is 10.6 Å². The number of rotatable bonds is 3. The van der Waals surface area contributed by atoms with Gasteiger partial charge in [0.05, 0.1) is 0 Å². The van der Waals surface area contributed by atoms with E-state index in [4.69, 9.17) is 0 Å². The Kier molecular flexibility index (Phi) is 4.82. The Bertz CT molecular complexity index is 590. The molecule has 4 rings (SSSR count). The summed E-state index contributed by atoms with van der Waals surface area (Å²) in [6, 6.07) is 5.13. The van der Waals surface area contributed by atoms with Crippen molar-refractivity contribution in [3.63, 3.8) is 0 Å². The number of nitrogens with one attached hydrogen (secondary N) is 3. The van der Waals surface area contributed by atoms with Crippen LogP contribution in [-0.2, 0) is 4.79 Å². The fourth-order valence-corrected chi connectivity index (χ4v) is 4.35. The van der Waals surface area contributed by atoms with E-state index in [1.54, 1.807) is 6.20 Å². The first-order valence-corrected chi connectivity index (χ1v) is 9.28. The molecule has 3 fully saturated rings. The zero-order chi connectivity index (χ0) is 17.2. The highest BCUT2D eigenvalue weighted by atomic mass is 16.2. The van der Waals surface area contributed by atoms with Crippen LogP contribution in [0.5, 0.6) is 0 Å². The Labute approximate surface area is 148 Å². The van der Waals surface area contributed by atoms with Gasteiger partial charge < -0.3 is 9.80 Å². The Morgan fingerprint density at radius 3 is 2.76 bits per heavy atom. The molecule has 136 valence electrons. The third-order valence-electron chi connectivity index (χ3n) is 5.96. The SMILES string of the molecule is CN(c1cccnn1)C1CCN(C(=O)C2CCC3NNNC3C2)CC1. The van der Waals surface area contributed by atoms with Crippen molar-refractivity contribution in [1.29, 1.82) is 0 Å². The molecule has 3 aliphatic rings. The van der Waals surface area contributed by atoms with Crippen LogP contribution in [0.15, 0.2) is 18.3 Å². The maximum atomic E-state index is 12.9. The molecule has 8 heteroatoms. The van der Waals surface area contributed by atoms with E-state index in [2.05, 4.69) is 43.4 Å². The van der Waals surface area contributed by atoms with Crippen LogP contribution in [0.25, 0.3) is 0 Å². The number of fused-ring (bicyclic) bond motifs is 1. The first-order valence-electron chi connectivity index (χ1n) is 9.28. The summed E-state index contributed by atoms with van der Waals surface area (Å²) in [4.78, 5) is 17.2. The molecule has 0 spiro atoms. The smallest absolute Gasteiger partial charge is 0.225 e. The minimum atomic E-state index is 0.157. The summed E-state index contributed by atoms with van der Waals surface area (Å²) >= 11 is 0. The number of hydrogen-bond donors (Lipinski definition) is 3. The largest absolute Gasteiger partial charge is 0.355 e. The topological polar surface area (TPSA) is 85.4 Å². The minimum Gasteiger partial charge on any atom is -0.355 e. The summed E-state index contributed by atoms with van der Waals surface area (Å²) in [7, 11) is 2.07. The maximum Gasteiger partial charge on any atom is 0.225 e. The third-order valence-corrected chi connectivity index (χ3v) is 5.96. The molecule has 1 aromatic heterocycles. The number of carbonyl (C=O) groups is 1. The average molecular weight is 345 g/mol. The van der Waals surface area contributed by atoms with Crippen LogP contribution >= 0.6 is 0 Å². The second-order valence-corrected chi connectivity index (χ2v) is 7.39. The molecule has 25 heavy (non-hydrogen) atoms. The van der Waals surface area contributed by atoms with E-state index in [9.17, 15) is 4.79 Å². The maximum absolute atomic E-state index is 12.9. The van der Waals surface area contributed by atoms with Crippen LogP contribution in [0, 0.1) is 5.92 Å². The Morgan fingerprint density at radius 2 is 2.00 bits per heavy atom. The van der Waals surface area contributed by atoms with Gasteiger partial charge in [0.15, 0.2) is 5.82 Å². The Hall–Kier alpha value is -1.77. The van der Waals surface area contributed by atoms with Gasteiger partial charge in [0, 0.05) is 50.4 Å². The van der Waals surface area contributed by atoms with Crippen molar-refractivity contribution in [2.24, 2.45) is 5.92 Å². The molecular weight excluding hydrogens is 318 g/mol. The van der Waals surface area contributed by atoms with Gasteiger partial charge in [-0.3, -0.25) is 4.79 Å². The number of piperidine rings is 1. The van der Waals surface area contributed by atoms with Crippen molar-refractivity contribution in [1.82, 2.24) is 31.5 Å². The minimum absolute atomic E-state index is 0.157. The van der Waals surface area contributed by atoms with Crippen molar-refractivity contribution >= 4 is 11.7 Å². The van der Waals surface area contributed by atoms with E-state index in [0.29, 0.717) is 24.0 Å². The van der Waals surface area contributed by atoms with Crippen molar-refractivity contribution in [3.8, 4) is 0 Å². The van der Waals surface area contributed by atoms with Crippen LogP contribution in [0.4, 0.5) is 5.82 Å². The summed E-state index contributed by atoms with van der Waals surface area (Å²) in [6.07, 6.45) is 6.61. The van der Waals surface area contributed by atoms with E-state index >= 15 is 0 Å². The van der Waals surface area contributed by atoms with Gasteiger partial charge in [0.1, 0.15) is 0 Å². The molecule has 3 unspecified atom stereocenters. The lowest BCUT2D eigenvalue weighted by Crippen LogP contribution is -2.50. The molecule has 2 saturated heterocycles. The number of nitrogens with zero attached hydrogens (tertiary/aromatic N) is 4. The quantitative estimate of drug-likeness (QED) is 0.714. The lowest BCUT2D eigenvalue weighted by molar-refractivity contribution is -0.137. The van der Waals surface area contributed by atoms with Crippen LogP contribution in [0.2, 0.25) is 0 Å². The highest BCUT2D eigenvalue weighted by Crippen LogP contribution is 2.29. The molecule has 0 bridgehead atoms. The second-order valence-electron chi connectivity index (χ2n) is 7.39. The third kappa shape index (κ3) is 3.47. The number of carbonyl (C=O) groups excluding carboxylic acids is 1. The molecule has 0 aromatic carbocycles. The fraction of sp³-hybridized carbons (Fsp3) is 0.706. The summed E-state index contributed by atoms with van der Waals surface area (Å²) in [5.74, 6) is 1.40. The molecule has 0 radical (unpaired) electrons. The van der Waals surface area contributed by atoms with Gasteiger partial charge in [-0.1, -0.05) is 0 Å². The predicted molar refractivity (Wildman–Crippen MR) is 94.4 cm³/mol. The monoisotopic (exact) mass is 345 g/mol. The summed E-state index contributed by atoms with van der Waals surface area (Å²) in [5.41, 5.74) is 9.46. The molecule has 1 amide bonds. The van der Waals surface area contributed by atoms with E-state index < -0.39 is 0 Å². The van der Waals surface area contributed by atoms with Gasteiger partial charge in [-0.15, -0.1) is 5.10 Å². The van der Waals surface area contributed by atoms with Crippen molar-refractivity contribution in [2.75, 3.05) is 25.0 Å². The van der Waals surface area contributed by atoms with Crippen molar-refractivity contribution < 1.29 is 4.79 Å². The average Bonchev–Trinajstić information content (AvgIpc) is 3.15.